The molecule has 0 radical (unpaired) electrons. The lowest BCUT2D eigenvalue weighted by atomic mass is 9.95. The molecule has 0 bridgehead atoms. The van der Waals surface area contributed by atoms with E-state index in [9.17, 15) is 0 Å². The molecule has 2 aliphatic heterocycles. The molecule has 3 nitrogen and oxygen atoms in total. The summed E-state index contributed by atoms with van der Waals surface area (Å²) in [7, 11) is 2.04. The van der Waals surface area contributed by atoms with Crippen molar-refractivity contribution in [1.29, 1.82) is 0 Å². The van der Waals surface area contributed by atoms with Gasteiger partial charge < -0.3 is 10.2 Å². The summed E-state index contributed by atoms with van der Waals surface area (Å²) < 4.78 is 0. The van der Waals surface area contributed by atoms with Crippen LogP contribution in [0.4, 0.5) is 5.69 Å². The first kappa shape index (κ1) is 14.9. The summed E-state index contributed by atoms with van der Waals surface area (Å²) in [5, 5.41) is 3.32. The number of piperidine rings is 1. The second-order valence-electron chi connectivity index (χ2n) is 6.81. The van der Waals surface area contributed by atoms with Crippen LogP contribution in [0.2, 0.25) is 0 Å². The highest BCUT2D eigenvalue weighted by molar-refractivity contribution is 5.56. The average molecular weight is 287 g/mol. The molecule has 0 aromatic heterocycles. The molecular formula is C18H29N3. The maximum atomic E-state index is 3.32. The highest BCUT2D eigenvalue weighted by Crippen LogP contribution is 2.30. The van der Waals surface area contributed by atoms with Crippen LogP contribution in [0.25, 0.3) is 0 Å². The Morgan fingerprint density at radius 2 is 2.10 bits per heavy atom. The fraction of sp³-hybridized carbons (Fsp3) is 0.667. The molecule has 1 aromatic rings. The van der Waals surface area contributed by atoms with Crippen molar-refractivity contribution in [1.82, 2.24) is 10.2 Å². The highest BCUT2D eigenvalue weighted by Gasteiger charge is 2.33. The predicted molar refractivity (Wildman–Crippen MR) is 90.0 cm³/mol. The number of nitrogens with one attached hydrogen (secondary N) is 1. The van der Waals surface area contributed by atoms with Gasteiger partial charge in [-0.25, -0.2) is 0 Å². The Bertz CT molecular complexity index is 485. The van der Waals surface area contributed by atoms with E-state index in [2.05, 4.69) is 47.2 Å². The van der Waals surface area contributed by atoms with Crippen molar-refractivity contribution in [2.75, 3.05) is 31.6 Å². The Labute approximate surface area is 129 Å². The number of aryl methyl sites for hydroxylation is 1. The van der Waals surface area contributed by atoms with Crippen LogP contribution in [-0.4, -0.2) is 43.7 Å². The monoisotopic (exact) mass is 287 g/mol. The zero-order chi connectivity index (χ0) is 14.8. The second-order valence-corrected chi connectivity index (χ2v) is 6.81. The average Bonchev–Trinajstić information content (AvgIpc) is 2.47. The number of anilines is 1. The third kappa shape index (κ3) is 3.09. The number of hydrogen-bond donors (Lipinski definition) is 1. The molecule has 3 heteroatoms. The zero-order valence-corrected chi connectivity index (χ0v) is 13.7. The maximum Gasteiger partial charge on any atom is 0.0415 e. The SMILES string of the molecule is CNCc1cc(C)ccc1N1CC2CCCCN2CC1C. The molecule has 0 amide bonds. The van der Waals surface area contributed by atoms with Gasteiger partial charge in [0.1, 0.15) is 0 Å². The first-order valence-corrected chi connectivity index (χ1v) is 8.44. The van der Waals surface area contributed by atoms with E-state index in [1.54, 1.807) is 0 Å². The summed E-state index contributed by atoms with van der Waals surface area (Å²) in [6, 6.07) is 8.30. The van der Waals surface area contributed by atoms with E-state index in [1.165, 1.54) is 55.7 Å². The van der Waals surface area contributed by atoms with Gasteiger partial charge in [-0.3, -0.25) is 4.90 Å². The molecular weight excluding hydrogens is 258 g/mol. The minimum atomic E-state index is 0.609. The second kappa shape index (κ2) is 6.37. The van der Waals surface area contributed by atoms with Crippen LogP contribution in [0, 0.1) is 6.92 Å². The van der Waals surface area contributed by atoms with Crippen molar-refractivity contribution in [3.8, 4) is 0 Å². The fourth-order valence-electron chi connectivity index (χ4n) is 4.01. The van der Waals surface area contributed by atoms with Gasteiger partial charge in [-0.1, -0.05) is 24.1 Å². The zero-order valence-electron chi connectivity index (χ0n) is 13.7. The number of piperazine rings is 1. The molecule has 2 unspecified atom stereocenters. The van der Waals surface area contributed by atoms with Crippen LogP contribution in [0.1, 0.15) is 37.3 Å². The van der Waals surface area contributed by atoms with Crippen LogP contribution < -0.4 is 10.2 Å². The standard InChI is InChI=1S/C18H29N3/c1-14-7-8-18(16(10-14)11-19-3)21-13-17-6-4-5-9-20(17)12-15(21)2/h7-8,10,15,17,19H,4-6,9,11-13H2,1-3H3. The molecule has 2 atom stereocenters. The minimum Gasteiger partial charge on any atom is -0.366 e. The van der Waals surface area contributed by atoms with E-state index in [1.807, 2.05) is 7.05 Å². The number of nitrogens with zero attached hydrogens (tertiary/aromatic N) is 2. The molecule has 2 saturated heterocycles. The summed E-state index contributed by atoms with van der Waals surface area (Å²) >= 11 is 0. The van der Waals surface area contributed by atoms with E-state index < -0.39 is 0 Å². The maximum absolute atomic E-state index is 3.32. The smallest absolute Gasteiger partial charge is 0.0415 e. The Morgan fingerprint density at radius 3 is 2.90 bits per heavy atom. The van der Waals surface area contributed by atoms with Gasteiger partial charge in [0, 0.05) is 37.4 Å². The van der Waals surface area contributed by atoms with Crippen LogP contribution in [0.15, 0.2) is 18.2 Å². The van der Waals surface area contributed by atoms with Gasteiger partial charge in [-0.15, -0.1) is 0 Å². The first-order chi connectivity index (χ1) is 10.2. The Hall–Kier alpha value is -1.06. The Morgan fingerprint density at radius 1 is 1.24 bits per heavy atom. The molecule has 1 aromatic carbocycles. The minimum absolute atomic E-state index is 0.609. The van der Waals surface area contributed by atoms with Crippen molar-refractivity contribution in [2.24, 2.45) is 0 Å². The molecule has 2 heterocycles. The molecule has 0 aliphatic carbocycles. The van der Waals surface area contributed by atoms with Gasteiger partial charge >= 0.3 is 0 Å². The summed E-state index contributed by atoms with van der Waals surface area (Å²) in [5.41, 5.74) is 4.23. The number of fused-ring (bicyclic) bond motifs is 1. The predicted octanol–water partition coefficient (Wildman–Crippen LogP) is 2.78. The molecule has 21 heavy (non-hydrogen) atoms. The molecule has 1 N–H and O–H groups in total. The van der Waals surface area contributed by atoms with Crippen LogP contribution in [-0.2, 0) is 6.54 Å². The largest absolute Gasteiger partial charge is 0.366 e. The fourth-order valence-corrected chi connectivity index (χ4v) is 4.01. The molecule has 0 saturated carbocycles. The number of rotatable bonds is 3. The van der Waals surface area contributed by atoms with Gasteiger partial charge in [-0.05, 0) is 51.9 Å². The summed E-state index contributed by atoms with van der Waals surface area (Å²) in [5.74, 6) is 0. The molecule has 2 aliphatic rings. The lowest BCUT2D eigenvalue weighted by Crippen LogP contribution is -2.59. The highest BCUT2D eigenvalue weighted by atomic mass is 15.3. The van der Waals surface area contributed by atoms with Gasteiger partial charge in [0.15, 0.2) is 0 Å². The van der Waals surface area contributed by atoms with Crippen molar-refractivity contribution in [2.45, 2.75) is 51.7 Å². The lowest BCUT2D eigenvalue weighted by Gasteiger charge is -2.49. The van der Waals surface area contributed by atoms with Crippen molar-refractivity contribution >= 4 is 5.69 Å². The summed E-state index contributed by atoms with van der Waals surface area (Å²) in [6.07, 6.45) is 4.16. The lowest BCUT2D eigenvalue weighted by molar-refractivity contribution is 0.115. The van der Waals surface area contributed by atoms with Crippen LogP contribution >= 0.6 is 0 Å². The van der Waals surface area contributed by atoms with Gasteiger partial charge in [0.25, 0.3) is 0 Å². The van der Waals surface area contributed by atoms with E-state index >= 15 is 0 Å². The van der Waals surface area contributed by atoms with Gasteiger partial charge in [0.05, 0.1) is 0 Å². The molecule has 0 spiro atoms. The first-order valence-electron chi connectivity index (χ1n) is 8.44. The van der Waals surface area contributed by atoms with Gasteiger partial charge in [-0.2, -0.15) is 0 Å². The van der Waals surface area contributed by atoms with Crippen molar-refractivity contribution in [3.05, 3.63) is 29.3 Å². The van der Waals surface area contributed by atoms with Crippen molar-refractivity contribution < 1.29 is 0 Å². The summed E-state index contributed by atoms with van der Waals surface area (Å²) in [6.45, 7) is 9.24. The molecule has 3 rings (SSSR count). The van der Waals surface area contributed by atoms with E-state index in [0.29, 0.717) is 6.04 Å². The summed E-state index contributed by atoms with van der Waals surface area (Å²) in [4.78, 5) is 5.37. The van der Waals surface area contributed by atoms with Gasteiger partial charge in [0.2, 0.25) is 0 Å². The van der Waals surface area contributed by atoms with Crippen molar-refractivity contribution in [3.63, 3.8) is 0 Å². The quantitative estimate of drug-likeness (QED) is 0.922. The van der Waals surface area contributed by atoms with E-state index in [4.69, 9.17) is 0 Å². The Balaban J connectivity index is 1.85. The van der Waals surface area contributed by atoms with Crippen LogP contribution in [0.5, 0.6) is 0 Å². The topological polar surface area (TPSA) is 18.5 Å². The third-order valence-electron chi connectivity index (χ3n) is 5.10. The number of benzene rings is 1. The van der Waals surface area contributed by atoms with E-state index in [-0.39, 0.29) is 0 Å². The molecule has 2 fully saturated rings. The van der Waals surface area contributed by atoms with Crippen LogP contribution in [0.3, 0.4) is 0 Å². The normalized spacial score (nSPS) is 26.7. The Kier molecular flexibility index (Phi) is 4.51. The molecule has 116 valence electrons. The van der Waals surface area contributed by atoms with E-state index in [0.717, 1.165) is 12.6 Å². The third-order valence-corrected chi connectivity index (χ3v) is 5.10. The number of hydrogen-bond acceptors (Lipinski definition) is 3.